The Morgan fingerprint density at radius 1 is 0.324 bits per heavy atom. The SMILES string of the molecule is C1=C(c2ccccc2)NC(c2cccc(-c3cccc(-c4cccc(-c5ccc6c(c5)-c5ccccc5C65c6ccccc6-c6ccccc6-c6ccccc65)c4)c3)c2)CN=C1c1ccccc1. The maximum atomic E-state index is 5.18. The van der Waals surface area contributed by atoms with Crippen molar-refractivity contribution in [1.29, 1.82) is 0 Å². The van der Waals surface area contributed by atoms with Crippen LogP contribution in [0.25, 0.3) is 72.5 Å². The van der Waals surface area contributed by atoms with Gasteiger partial charge in [-0.05, 0) is 136 Å². The molecule has 68 heavy (non-hydrogen) atoms. The molecule has 1 N–H and O–H groups in total. The monoisotopic (exact) mass is 866 g/mol. The van der Waals surface area contributed by atoms with Crippen molar-refractivity contribution in [2.75, 3.05) is 6.54 Å². The van der Waals surface area contributed by atoms with Gasteiger partial charge in [-0.1, -0.05) is 224 Å². The molecule has 0 aromatic heterocycles. The molecule has 3 aliphatic rings. The van der Waals surface area contributed by atoms with Gasteiger partial charge in [-0.3, -0.25) is 4.99 Å². The lowest BCUT2D eigenvalue weighted by Crippen LogP contribution is -2.29. The molecule has 0 radical (unpaired) electrons. The third kappa shape index (κ3) is 6.52. The van der Waals surface area contributed by atoms with E-state index in [0.717, 1.165) is 22.5 Å². The van der Waals surface area contributed by atoms with Gasteiger partial charge in [-0.25, -0.2) is 0 Å². The second kappa shape index (κ2) is 16.4. The zero-order valence-electron chi connectivity index (χ0n) is 37.5. The van der Waals surface area contributed by atoms with Gasteiger partial charge >= 0.3 is 0 Å². The summed E-state index contributed by atoms with van der Waals surface area (Å²) in [4.78, 5) is 5.18. The quantitative estimate of drug-likeness (QED) is 0.177. The van der Waals surface area contributed by atoms with Gasteiger partial charge in [0.15, 0.2) is 0 Å². The van der Waals surface area contributed by atoms with E-state index in [1.54, 1.807) is 0 Å². The smallest absolute Gasteiger partial charge is 0.0725 e. The van der Waals surface area contributed by atoms with Crippen molar-refractivity contribution >= 4 is 11.4 Å². The highest BCUT2D eigenvalue weighted by atomic mass is 15.0. The Balaban J connectivity index is 0.859. The number of hydrogen-bond acceptors (Lipinski definition) is 2. The minimum absolute atomic E-state index is 0.00000620. The van der Waals surface area contributed by atoms with Crippen LogP contribution in [-0.2, 0) is 5.41 Å². The molecule has 1 unspecified atom stereocenters. The van der Waals surface area contributed by atoms with Crippen molar-refractivity contribution in [3.8, 4) is 66.8 Å². The number of rotatable bonds is 6. The lowest BCUT2D eigenvalue weighted by atomic mass is 9.66. The summed E-state index contributed by atoms with van der Waals surface area (Å²) < 4.78 is 0. The molecule has 1 aliphatic heterocycles. The number of aliphatic imine (C=N–C) groups is 1. The molecule has 13 rings (SSSR count). The van der Waals surface area contributed by atoms with E-state index in [4.69, 9.17) is 4.99 Å². The van der Waals surface area contributed by atoms with Crippen LogP contribution >= 0.6 is 0 Å². The number of hydrogen-bond donors (Lipinski definition) is 1. The van der Waals surface area contributed by atoms with Crippen LogP contribution in [0.4, 0.5) is 0 Å². The zero-order chi connectivity index (χ0) is 45.0. The van der Waals surface area contributed by atoms with Crippen LogP contribution in [0.1, 0.15) is 45.0 Å². The van der Waals surface area contributed by atoms with Crippen LogP contribution in [0.5, 0.6) is 0 Å². The molecule has 0 amide bonds. The number of nitrogens with one attached hydrogen (secondary N) is 1. The van der Waals surface area contributed by atoms with Gasteiger partial charge in [0.25, 0.3) is 0 Å². The molecule has 2 heteroatoms. The first-order valence-electron chi connectivity index (χ1n) is 23.7. The summed E-state index contributed by atoms with van der Waals surface area (Å²) in [6.45, 7) is 0.622. The third-order valence-corrected chi connectivity index (χ3v) is 14.4. The van der Waals surface area contributed by atoms with E-state index in [-0.39, 0.29) is 6.04 Å². The maximum absolute atomic E-state index is 5.18. The summed E-state index contributed by atoms with van der Waals surface area (Å²) in [5, 5.41) is 3.89. The molecule has 1 spiro atoms. The Labute approximate surface area is 398 Å². The van der Waals surface area contributed by atoms with E-state index < -0.39 is 5.41 Å². The van der Waals surface area contributed by atoms with Gasteiger partial charge in [-0.2, -0.15) is 0 Å². The van der Waals surface area contributed by atoms with Gasteiger partial charge < -0.3 is 5.32 Å². The molecule has 1 atom stereocenters. The van der Waals surface area contributed by atoms with Crippen LogP contribution in [0.3, 0.4) is 0 Å². The Morgan fingerprint density at radius 3 is 1.29 bits per heavy atom. The topological polar surface area (TPSA) is 24.4 Å². The van der Waals surface area contributed by atoms with E-state index in [1.807, 2.05) is 0 Å². The van der Waals surface area contributed by atoms with Gasteiger partial charge in [0, 0.05) is 5.70 Å². The van der Waals surface area contributed by atoms with Crippen LogP contribution in [0, 0.1) is 0 Å². The van der Waals surface area contributed by atoms with Gasteiger partial charge in [0.2, 0.25) is 0 Å². The number of benzene rings is 10. The highest BCUT2D eigenvalue weighted by Gasteiger charge is 2.49. The fourth-order valence-electron chi connectivity index (χ4n) is 11.3. The summed E-state index contributed by atoms with van der Waals surface area (Å²) in [5.74, 6) is 0. The zero-order valence-corrected chi connectivity index (χ0v) is 37.5. The van der Waals surface area contributed by atoms with E-state index in [2.05, 4.69) is 260 Å². The average Bonchev–Trinajstić information content (AvgIpc) is 3.50. The molecular formula is C66H46N2. The van der Waals surface area contributed by atoms with Gasteiger partial charge in [-0.15, -0.1) is 0 Å². The fourth-order valence-corrected chi connectivity index (χ4v) is 11.3. The molecule has 0 fully saturated rings. The average molecular weight is 867 g/mol. The van der Waals surface area contributed by atoms with E-state index in [9.17, 15) is 0 Å². The molecular weight excluding hydrogens is 821 g/mol. The minimum atomic E-state index is -0.484. The normalized spacial score (nSPS) is 15.0. The van der Waals surface area contributed by atoms with Crippen molar-refractivity contribution in [3.05, 3.63) is 294 Å². The summed E-state index contributed by atoms with van der Waals surface area (Å²) in [6, 6.07) is 91.5. The van der Waals surface area contributed by atoms with Crippen molar-refractivity contribution in [2.24, 2.45) is 4.99 Å². The first-order chi connectivity index (χ1) is 33.7. The Morgan fingerprint density at radius 2 is 0.735 bits per heavy atom. The first kappa shape index (κ1) is 39.7. The number of allylic oxidation sites excluding steroid dienone is 1. The van der Waals surface area contributed by atoms with Crippen LogP contribution < -0.4 is 5.32 Å². The summed E-state index contributed by atoms with van der Waals surface area (Å²) in [5.41, 5.74) is 25.2. The van der Waals surface area contributed by atoms with Gasteiger partial charge in [0.05, 0.1) is 23.7 Å². The molecule has 2 aliphatic carbocycles. The van der Waals surface area contributed by atoms with Crippen molar-refractivity contribution in [1.82, 2.24) is 5.32 Å². The highest BCUT2D eigenvalue weighted by molar-refractivity contribution is 6.12. The summed E-state index contributed by atoms with van der Waals surface area (Å²) >= 11 is 0. The fraction of sp³-hybridized carbons (Fsp3) is 0.0455. The second-order valence-corrected chi connectivity index (χ2v) is 18.2. The second-order valence-electron chi connectivity index (χ2n) is 18.2. The van der Waals surface area contributed by atoms with Crippen LogP contribution in [-0.4, -0.2) is 12.3 Å². The third-order valence-electron chi connectivity index (χ3n) is 14.4. The van der Waals surface area contributed by atoms with E-state index >= 15 is 0 Å². The Kier molecular flexibility index (Phi) is 9.57. The van der Waals surface area contributed by atoms with Crippen molar-refractivity contribution in [2.45, 2.75) is 11.5 Å². The van der Waals surface area contributed by atoms with Crippen LogP contribution in [0.2, 0.25) is 0 Å². The maximum Gasteiger partial charge on any atom is 0.0725 e. The van der Waals surface area contributed by atoms with Crippen molar-refractivity contribution < 1.29 is 0 Å². The minimum Gasteiger partial charge on any atom is -0.376 e. The lowest BCUT2D eigenvalue weighted by Gasteiger charge is -2.35. The highest BCUT2D eigenvalue weighted by Crippen LogP contribution is 2.61. The Hall–Kier alpha value is -8.59. The molecule has 320 valence electrons. The van der Waals surface area contributed by atoms with Crippen LogP contribution in [0.15, 0.2) is 260 Å². The Bertz CT molecular complexity index is 3570. The summed E-state index contributed by atoms with van der Waals surface area (Å²) in [7, 11) is 0. The predicted molar refractivity (Wildman–Crippen MR) is 283 cm³/mol. The summed E-state index contributed by atoms with van der Waals surface area (Å²) in [6.07, 6.45) is 2.19. The molecule has 10 aromatic carbocycles. The molecule has 0 saturated carbocycles. The molecule has 1 heterocycles. The number of fused-ring (bicyclic) bond motifs is 12. The van der Waals surface area contributed by atoms with E-state index in [0.29, 0.717) is 6.54 Å². The van der Waals surface area contributed by atoms with E-state index in [1.165, 1.54) is 94.6 Å². The largest absolute Gasteiger partial charge is 0.376 e. The van der Waals surface area contributed by atoms with Crippen molar-refractivity contribution in [3.63, 3.8) is 0 Å². The van der Waals surface area contributed by atoms with Gasteiger partial charge in [0.1, 0.15) is 0 Å². The lowest BCUT2D eigenvalue weighted by molar-refractivity contribution is 0.651. The first-order valence-corrected chi connectivity index (χ1v) is 23.7. The standard InChI is InChI=1S/C66H46N2/c1-3-18-44(19-4-1)63-42-64(45-20-5-2-6-21-45)68-65(43-67-63)52-27-17-26-50(40-52)48-24-15-22-46(38-48)47-23-16-25-49(39-47)51-36-37-62-58(41-51)57-32-11-14-35-61(57)66(62)59-33-12-9-30-55(59)53-28-7-8-29-54(53)56-31-10-13-34-60(56)66/h1-42,65,68H,43H2. The molecule has 10 aromatic rings. The molecule has 2 nitrogen and oxygen atoms in total. The predicted octanol–water partition coefficient (Wildman–Crippen LogP) is 15.9. The molecule has 0 saturated heterocycles. The molecule has 0 bridgehead atoms. The number of nitrogens with zero attached hydrogens (tertiary/aromatic N) is 1.